The monoisotopic (exact) mass is 565 g/mol. The first-order chi connectivity index (χ1) is 19.8. The van der Waals surface area contributed by atoms with Crippen LogP contribution in [0.25, 0.3) is 28.1 Å². The van der Waals surface area contributed by atoms with E-state index in [2.05, 4.69) is 99.5 Å². The largest absolute Gasteiger partial charge is 0.444 e. The summed E-state index contributed by atoms with van der Waals surface area (Å²) in [5.41, 5.74) is 10.8. The average Bonchev–Trinajstić information content (AvgIpc) is 3.32. The molecular weight excluding hydrogens is 522 g/mol. The van der Waals surface area contributed by atoms with Crippen molar-refractivity contribution in [3.8, 4) is 16.9 Å². The second-order valence-electron chi connectivity index (χ2n) is 13.4. The number of dihydropyridines is 1. The smallest absolute Gasteiger partial charge is 0.410 e. The minimum absolute atomic E-state index is 0.0495. The van der Waals surface area contributed by atoms with Gasteiger partial charge in [0.25, 0.3) is 0 Å². The molecule has 0 bridgehead atoms. The Morgan fingerprint density at radius 1 is 0.881 bits per heavy atom. The molecular formula is C35H43N5O2. The third kappa shape index (κ3) is 6.40. The molecule has 2 aromatic carbocycles. The van der Waals surface area contributed by atoms with Crippen LogP contribution in [0, 0.1) is 19.3 Å². The molecule has 0 saturated carbocycles. The Kier molecular flexibility index (Phi) is 7.97. The highest BCUT2D eigenvalue weighted by Gasteiger charge is 2.24. The minimum atomic E-state index is -0.490. The van der Waals surface area contributed by atoms with E-state index in [1.807, 2.05) is 25.5 Å². The Hall–Kier alpha value is -4.00. The third-order valence-corrected chi connectivity index (χ3v) is 7.82. The highest BCUT2D eigenvalue weighted by molar-refractivity contribution is 6.05. The molecule has 0 fully saturated rings. The molecule has 0 spiro atoms. The van der Waals surface area contributed by atoms with Crippen molar-refractivity contribution in [2.45, 2.75) is 73.8 Å². The Labute approximate surface area is 250 Å². The maximum Gasteiger partial charge on any atom is 0.410 e. The molecule has 5 rings (SSSR count). The van der Waals surface area contributed by atoms with Gasteiger partial charge < -0.3 is 9.64 Å². The molecule has 0 unspecified atom stereocenters. The number of carbonyl (C=O) groups excluding carboxylic acids is 1. The number of aryl methyl sites for hydroxylation is 1. The minimum Gasteiger partial charge on any atom is -0.444 e. The van der Waals surface area contributed by atoms with Gasteiger partial charge >= 0.3 is 6.09 Å². The van der Waals surface area contributed by atoms with E-state index in [1.54, 1.807) is 4.90 Å². The second kappa shape index (κ2) is 11.3. The molecule has 7 nitrogen and oxygen atoms in total. The summed E-state index contributed by atoms with van der Waals surface area (Å²) in [6, 6.07) is 15.1. The highest BCUT2D eigenvalue weighted by atomic mass is 16.6. The summed E-state index contributed by atoms with van der Waals surface area (Å²) in [5, 5.41) is 9.11. The van der Waals surface area contributed by atoms with Crippen LogP contribution in [0.4, 0.5) is 4.79 Å². The molecule has 3 aromatic rings. The first-order valence-electron chi connectivity index (χ1n) is 14.9. The molecule has 7 heteroatoms. The number of nitrogens with zero attached hydrogens (tertiary/aromatic N) is 5. The van der Waals surface area contributed by atoms with Crippen molar-refractivity contribution in [1.29, 1.82) is 0 Å². The quantitative estimate of drug-likeness (QED) is 0.323. The Morgan fingerprint density at radius 3 is 2.19 bits per heavy atom. The molecule has 1 aromatic heterocycles. The molecule has 0 radical (unpaired) electrons. The van der Waals surface area contributed by atoms with E-state index in [9.17, 15) is 4.79 Å². The van der Waals surface area contributed by atoms with Gasteiger partial charge in [-0.2, -0.15) is 0 Å². The van der Waals surface area contributed by atoms with Gasteiger partial charge in [-0.3, -0.25) is 4.99 Å². The molecule has 1 amide bonds. The van der Waals surface area contributed by atoms with Crippen LogP contribution in [-0.4, -0.2) is 56.9 Å². The number of ether oxygens (including phenoxy) is 1. The summed E-state index contributed by atoms with van der Waals surface area (Å²) in [6.07, 6.45) is 5.88. The number of aliphatic imine (C=N–C) groups is 1. The van der Waals surface area contributed by atoms with Crippen LogP contribution < -0.4 is 0 Å². The number of benzene rings is 2. The summed E-state index contributed by atoms with van der Waals surface area (Å²) in [5.74, 6) is 0. The molecule has 0 saturated heterocycles. The first kappa shape index (κ1) is 29.5. The number of amides is 1. The summed E-state index contributed by atoms with van der Waals surface area (Å²) >= 11 is 0. The lowest BCUT2D eigenvalue weighted by atomic mass is 9.85. The Bertz CT molecular complexity index is 1580. The van der Waals surface area contributed by atoms with Gasteiger partial charge in [-0.05, 0) is 93.5 Å². The van der Waals surface area contributed by atoms with Gasteiger partial charge in [0.05, 0.1) is 11.4 Å². The van der Waals surface area contributed by atoms with Gasteiger partial charge in [0.2, 0.25) is 0 Å². The van der Waals surface area contributed by atoms with Gasteiger partial charge in [-0.25, -0.2) is 9.48 Å². The molecule has 220 valence electrons. The number of hydrogen-bond acceptors (Lipinski definition) is 5. The standard InChI is InChI=1S/C35H43N5O2/c1-23-21-28(26-16-19-39(20-17-26)33(41)42-35(6,7)8)13-14-30(23)40-24(2)32(37-38-40)27-11-9-25(10-12-27)29-15-18-36-31(22-29)34(3,4)5/h9-14,16,21-22H,15,17-20H2,1-8H3. The number of rotatable bonds is 4. The Morgan fingerprint density at radius 2 is 1.57 bits per heavy atom. The van der Waals surface area contributed by atoms with Gasteiger partial charge in [0.15, 0.2) is 0 Å². The number of hydrogen-bond donors (Lipinski definition) is 0. The molecule has 42 heavy (non-hydrogen) atoms. The van der Waals surface area contributed by atoms with E-state index in [-0.39, 0.29) is 11.5 Å². The lowest BCUT2D eigenvalue weighted by molar-refractivity contribution is 0.0270. The Balaban J connectivity index is 1.31. The molecule has 0 aliphatic carbocycles. The summed E-state index contributed by atoms with van der Waals surface area (Å²) in [4.78, 5) is 18.9. The van der Waals surface area contributed by atoms with Crippen LogP contribution in [0.5, 0.6) is 0 Å². The van der Waals surface area contributed by atoms with Crippen LogP contribution >= 0.6 is 0 Å². The summed E-state index contributed by atoms with van der Waals surface area (Å²) in [7, 11) is 0. The zero-order valence-electron chi connectivity index (χ0n) is 26.3. The second-order valence-corrected chi connectivity index (χ2v) is 13.4. The normalized spacial score (nSPS) is 16.1. The van der Waals surface area contributed by atoms with Crippen molar-refractivity contribution in [1.82, 2.24) is 19.9 Å². The molecule has 2 aliphatic heterocycles. The van der Waals surface area contributed by atoms with Crippen molar-refractivity contribution in [3.05, 3.63) is 77.0 Å². The van der Waals surface area contributed by atoms with Crippen molar-refractivity contribution >= 4 is 23.0 Å². The highest BCUT2D eigenvalue weighted by Crippen LogP contribution is 2.31. The van der Waals surface area contributed by atoms with Gasteiger partial charge in [0, 0.05) is 36.3 Å². The predicted molar refractivity (Wildman–Crippen MR) is 171 cm³/mol. The zero-order valence-corrected chi connectivity index (χ0v) is 26.3. The van der Waals surface area contributed by atoms with E-state index < -0.39 is 5.60 Å². The maximum absolute atomic E-state index is 12.4. The number of aromatic nitrogens is 3. The topological polar surface area (TPSA) is 72.6 Å². The van der Waals surface area contributed by atoms with E-state index in [0.717, 1.165) is 53.3 Å². The van der Waals surface area contributed by atoms with Gasteiger partial charge in [0.1, 0.15) is 11.3 Å². The fraction of sp³-hybridized carbons (Fsp3) is 0.429. The van der Waals surface area contributed by atoms with Gasteiger partial charge in [-0.1, -0.05) is 62.4 Å². The van der Waals surface area contributed by atoms with Crippen molar-refractivity contribution < 1.29 is 9.53 Å². The van der Waals surface area contributed by atoms with Crippen LogP contribution in [0.15, 0.2) is 59.6 Å². The van der Waals surface area contributed by atoms with E-state index in [4.69, 9.17) is 9.73 Å². The molecule has 3 heterocycles. The van der Waals surface area contributed by atoms with Crippen molar-refractivity contribution in [2.75, 3.05) is 19.6 Å². The van der Waals surface area contributed by atoms with Crippen LogP contribution in [0.1, 0.15) is 76.8 Å². The fourth-order valence-corrected chi connectivity index (χ4v) is 5.44. The lowest BCUT2D eigenvalue weighted by Crippen LogP contribution is -2.39. The van der Waals surface area contributed by atoms with Crippen LogP contribution in [0.2, 0.25) is 0 Å². The predicted octanol–water partition coefficient (Wildman–Crippen LogP) is 7.85. The zero-order chi connectivity index (χ0) is 30.2. The fourth-order valence-electron chi connectivity index (χ4n) is 5.44. The summed E-state index contributed by atoms with van der Waals surface area (Å²) in [6.45, 7) is 18.5. The van der Waals surface area contributed by atoms with Crippen molar-refractivity contribution in [2.24, 2.45) is 10.4 Å². The van der Waals surface area contributed by atoms with Gasteiger partial charge in [-0.15, -0.1) is 5.10 Å². The number of allylic oxidation sites excluding steroid dienone is 1. The maximum atomic E-state index is 12.4. The lowest BCUT2D eigenvalue weighted by Gasteiger charge is -2.29. The van der Waals surface area contributed by atoms with Crippen molar-refractivity contribution in [3.63, 3.8) is 0 Å². The molecule has 0 atom stereocenters. The first-order valence-corrected chi connectivity index (χ1v) is 14.9. The van der Waals surface area contributed by atoms with E-state index in [0.29, 0.717) is 13.1 Å². The molecule has 2 aliphatic rings. The summed E-state index contributed by atoms with van der Waals surface area (Å²) < 4.78 is 7.46. The SMILES string of the molecule is Cc1cc(C2=CCN(C(=O)OC(C)(C)C)CC2)ccc1-n1nnc(-c2ccc(C3=CC(C(C)(C)C)=NCC3)cc2)c1C. The van der Waals surface area contributed by atoms with E-state index >= 15 is 0 Å². The van der Waals surface area contributed by atoms with E-state index in [1.165, 1.54) is 22.3 Å². The molecule has 0 N–H and O–H groups in total. The third-order valence-electron chi connectivity index (χ3n) is 7.82. The average molecular weight is 566 g/mol. The number of carbonyl (C=O) groups is 1. The van der Waals surface area contributed by atoms with Crippen LogP contribution in [0.3, 0.4) is 0 Å². The van der Waals surface area contributed by atoms with Crippen LogP contribution in [-0.2, 0) is 4.74 Å².